The number of halogens is 1. The van der Waals surface area contributed by atoms with E-state index in [1.807, 2.05) is 13.8 Å². The Morgan fingerprint density at radius 3 is 2.77 bits per heavy atom. The molecule has 0 unspecified atom stereocenters. The summed E-state index contributed by atoms with van der Waals surface area (Å²) in [4.78, 5) is 23.4. The largest absolute Gasteiger partial charge is 0.375 e. The molecule has 2 atom stereocenters. The highest BCUT2D eigenvalue weighted by atomic mass is 127. The van der Waals surface area contributed by atoms with E-state index in [1.54, 1.807) is 35.2 Å². The number of amides is 1. The fourth-order valence-corrected chi connectivity index (χ4v) is 5.24. The van der Waals surface area contributed by atoms with E-state index in [2.05, 4.69) is 37.3 Å². The van der Waals surface area contributed by atoms with Crippen LogP contribution < -0.4 is 4.72 Å². The van der Waals surface area contributed by atoms with Crippen molar-refractivity contribution in [1.29, 1.82) is 0 Å². The number of fused-ring (bicyclic) bond motifs is 1. The van der Waals surface area contributed by atoms with Crippen LogP contribution in [0.2, 0.25) is 0 Å². The number of ether oxygens (including phenoxy) is 1. The van der Waals surface area contributed by atoms with Crippen molar-refractivity contribution in [3.8, 4) is 0 Å². The first-order valence-electron chi connectivity index (χ1n) is 9.71. The van der Waals surface area contributed by atoms with Crippen molar-refractivity contribution < 1.29 is 17.9 Å². The number of nitrogens with zero attached hydrogens (tertiary/aromatic N) is 3. The molecule has 2 aromatic carbocycles. The minimum Gasteiger partial charge on any atom is -0.375 e. The third-order valence-corrected chi connectivity index (χ3v) is 7.14. The number of aromatic nitrogens is 2. The predicted octanol–water partition coefficient (Wildman–Crippen LogP) is 3.28. The summed E-state index contributed by atoms with van der Waals surface area (Å²) in [5, 5.41) is 0. The quantitative estimate of drug-likeness (QED) is 0.499. The molecule has 1 aromatic heterocycles. The summed E-state index contributed by atoms with van der Waals surface area (Å²) in [5.41, 5.74) is 1.26. The highest BCUT2D eigenvalue weighted by Gasteiger charge is 2.30. The molecular formula is C21H21IN4O4S. The first-order chi connectivity index (χ1) is 14.8. The van der Waals surface area contributed by atoms with Gasteiger partial charge in [0, 0.05) is 22.5 Å². The molecule has 31 heavy (non-hydrogen) atoms. The van der Waals surface area contributed by atoms with Crippen LogP contribution in [0.25, 0.3) is 11.0 Å². The lowest BCUT2D eigenvalue weighted by Crippen LogP contribution is -2.50. The molecule has 10 heteroatoms. The van der Waals surface area contributed by atoms with Gasteiger partial charge in [0.15, 0.2) is 0 Å². The second-order valence-corrected chi connectivity index (χ2v) is 10.3. The zero-order valence-electron chi connectivity index (χ0n) is 16.9. The van der Waals surface area contributed by atoms with E-state index >= 15 is 0 Å². The molecule has 162 valence electrons. The molecule has 0 saturated carbocycles. The smallest absolute Gasteiger partial charge is 0.264 e. The molecule has 2 heterocycles. The van der Waals surface area contributed by atoms with Gasteiger partial charge in [0.2, 0.25) is 0 Å². The maximum atomic E-state index is 13.3. The fourth-order valence-electron chi connectivity index (χ4n) is 3.51. The van der Waals surface area contributed by atoms with Crippen LogP contribution in [-0.2, 0) is 14.8 Å². The summed E-state index contributed by atoms with van der Waals surface area (Å²) in [7, 11) is -4.02. The van der Waals surface area contributed by atoms with Crippen molar-refractivity contribution in [2.75, 3.05) is 17.9 Å². The van der Waals surface area contributed by atoms with Crippen molar-refractivity contribution >= 4 is 55.2 Å². The van der Waals surface area contributed by atoms with Crippen LogP contribution in [0.5, 0.6) is 0 Å². The number of hydrogen-bond acceptors (Lipinski definition) is 6. The Labute approximate surface area is 194 Å². The molecule has 0 bridgehead atoms. The van der Waals surface area contributed by atoms with Crippen molar-refractivity contribution in [2.45, 2.75) is 30.9 Å². The monoisotopic (exact) mass is 552 g/mol. The summed E-state index contributed by atoms with van der Waals surface area (Å²) in [6.07, 6.45) is 2.87. The maximum Gasteiger partial charge on any atom is 0.264 e. The number of para-hydroxylation sites is 1. The van der Waals surface area contributed by atoms with Crippen molar-refractivity contribution in [1.82, 2.24) is 14.9 Å². The van der Waals surface area contributed by atoms with E-state index < -0.39 is 10.0 Å². The lowest BCUT2D eigenvalue weighted by atomic mass is 10.1. The SMILES string of the molecule is C[C@@H]1CN(C(=O)c2ccc(I)cc2NS(=O)(=O)c2cccc3nccnc23)[C@H](C)CO1. The van der Waals surface area contributed by atoms with E-state index in [4.69, 9.17) is 4.74 Å². The Morgan fingerprint density at radius 1 is 1.19 bits per heavy atom. The third kappa shape index (κ3) is 4.51. The molecule has 0 radical (unpaired) electrons. The molecule has 4 rings (SSSR count). The molecule has 0 aliphatic carbocycles. The summed E-state index contributed by atoms with van der Waals surface area (Å²) in [5.74, 6) is -0.241. The number of hydrogen-bond donors (Lipinski definition) is 1. The number of sulfonamides is 1. The number of morpholine rings is 1. The molecule has 3 aromatic rings. The fraction of sp³-hybridized carbons (Fsp3) is 0.286. The Kier molecular flexibility index (Phi) is 6.13. The minimum atomic E-state index is -4.02. The third-order valence-electron chi connectivity index (χ3n) is 5.08. The van der Waals surface area contributed by atoms with Gasteiger partial charge in [-0.1, -0.05) is 6.07 Å². The average molecular weight is 552 g/mol. The van der Waals surface area contributed by atoms with E-state index in [0.29, 0.717) is 18.7 Å². The van der Waals surface area contributed by atoms with Gasteiger partial charge in [0.05, 0.1) is 35.5 Å². The zero-order valence-corrected chi connectivity index (χ0v) is 19.9. The highest BCUT2D eigenvalue weighted by Crippen LogP contribution is 2.27. The molecular weight excluding hydrogens is 531 g/mol. The second kappa shape index (κ2) is 8.67. The number of rotatable bonds is 4. The van der Waals surface area contributed by atoms with Crippen LogP contribution in [0, 0.1) is 3.57 Å². The standard InChI is InChI=1S/C21H21IN4O4S/c1-13-12-30-14(2)11-26(13)21(27)16-7-6-15(22)10-18(16)25-31(28,29)19-5-3-4-17-20(19)24-9-8-23-17/h3-10,13-14,25H,11-12H2,1-2H3/t13-,14-/m1/s1. The summed E-state index contributed by atoms with van der Waals surface area (Å²) in [6.45, 7) is 4.70. The normalized spacial score (nSPS) is 19.4. The van der Waals surface area contributed by atoms with Crippen LogP contribution in [-0.4, -0.2) is 54.5 Å². The van der Waals surface area contributed by atoms with Crippen LogP contribution in [0.15, 0.2) is 53.7 Å². The summed E-state index contributed by atoms with van der Waals surface area (Å²) >= 11 is 2.09. The number of carbonyl (C=O) groups excluding carboxylic acids is 1. The molecule has 1 amide bonds. The highest BCUT2D eigenvalue weighted by molar-refractivity contribution is 14.1. The Morgan fingerprint density at radius 2 is 1.97 bits per heavy atom. The van der Waals surface area contributed by atoms with Gasteiger partial charge in [0.25, 0.3) is 15.9 Å². The molecule has 1 saturated heterocycles. The molecule has 1 aliphatic heterocycles. The zero-order chi connectivity index (χ0) is 22.2. The Balaban J connectivity index is 1.73. The predicted molar refractivity (Wildman–Crippen MR) is 125 cm³/mol. The topological polar surface area (TPSA) is 101 Å². The van der Waals surface area contributed by atoms with Gasteiger partial charge in [-0.3, -0.25) is 19.5 Å². The number of anilines is 1. The molecule has 1 N–H and O–H groups in total. The van der Waals surface area contributed by atoms with Gasteiger partial charge in [0.1, 0.15) is 10.4 Å². The Bertz CT molecular complexity index is 1250. The molecule has 8 nitrogen and oxygen atoms in total. The average Bonchev–Trinajstić information content (AvgIpc) is 2.74. The Hall–Kier alpha value is -2.31. The maximum absolute atomic E-state index is 13.3. The minimum absolute atomic E-state index is 0.00345. The van der Waals surface area contributed by atoms with Gasteiger partial charge in [-0.15, -0.1) is 0 Å². The number of benzene rings is 2. The van der Waals surface area contributed by atoms with Gasteiger partial charge >= 0.3 is 0 Å². The second-order valence-electron chi connectivity index (χ2n) is 7.43. The van der Waals surface area contributed by atoms with E-state index in [0.717, 1.165) is 3.57 Å². The van der Waals surface area contributed by atoms with Gasteiger partial charge in [-0.2, -0.15) is 0 Å². The van der Waals surface area contributed by atoms with Crippen molar-refractivity contribution in [3.05, 3.63) is 57.9 Å². The first-order valence-corrected chi connectivity index (χ1v) is 12.3. The van der Waals surface area contributed by atoms with Gasteiger partial charge < -0.3 is 9.64 Å². The number of carbonyl (C=O) groups is 1. The first kappa shape index (κ1) is 21.9. The lowest BCUT2D eigenvalue weighted by Gasteiger charge is -2.37. The summed E-state index contributed by atoms with van der Waals surface area (Å²) in [6, 6.07) is 9.76. The van der Waals surface area contributed by atoms with Crippen molar-refractivity contribution in [2.24, 2.45) is 0 Å². The number of nitrogens with one attached hydrogen (secondary N) is 1. The van der Waals surface area contributed by atoms with Crippen LogP contribution in [0.4, 0.5) is 5.69 Å². The van der Waals surface area contributed by atoms with Crippen LogP contribution in [0.1, 0.15) is 24.2 Å². The van der Waals surface area contributed by atoms with E-state index in [9.17, 15) is 13.2 Å². The molecule has 1 fully saturated rings. The summed E-state index contributed by atoms with van der Waals surface area (Å²) < 4.78 is 35.6. The molecule has 1 aliphatic rings. The van der Waals surface area contributed by atoms with E-state index in [-0.39, 0.29) is 39.7 Å². The van der Waals surface area contributed by atoms with Gasteiger partial charge in [-0.05, 0) is 66.8 Å². The van der Waals surface area contributed by atoms with Gasteiger partial charge in [-0.25, -0.2) is 8.42 Å². The lowest BCUT2D eigenvalue weighted by molar-refractivity contribution is -0.0386. The van der Waals surface area contributed by atoms with Crippen LogP contribution >= 0.6 is 22.6 Å². The van der Waals surface area contributed by atoms with Crippen molar-refractivity contribution in [3.63, 3.8) is 0 Å². The van der Waals surface area contributed by atoms with Crippen LogP contribution in [0.3, 0.4) is 0 Å². The molecule has 0 spiro atoms. The van der Waals surface area contributed by atoms with E-state index in [1.165, 1.54) is 18.5 Å².